The highest BCUT2D eigenvalue weighted by atomic mass is 16.5. The van der Waals surface area contributed by atoms with Crippen molar-refractivity contribution >= 4 is 42.9 Å². The standard InChI is InChI=1S/C24H26B2N2O8/c29-22(30)11-28(24(32)15-6-8-17-13-36-26(34)19(17)10-15)21-4-2-1-3-20(21)27-23(31)14-5-7-16-12-35-25(33)18(16)9-14/h5-10,20-21,33-34H,1-4,11-13H2,(H,27,31)(H,29,30)/t20-,21+/m1/s1. The first-order valence-electron chi connectivity index (χ1n) is 12.0. The van der Waals surface area contributed by atoms with Crippen molar-refractivity contribution < 1.29 is 38.8 Å². The largest absolute Gasteiger partial charge is 0.491 e. The number of benzene rings is 2. The van der Waals surface area contributed by atoms with Gasteiger partial charge in [-0.1, -0.05) is 25.0 Å². The Hall–Kier alpha value is -3.18. The van der Waals surface area contributed by atoms with Gasteiger partial charge in [0.25, 0.3) is 11.8 Å². The first-order chi connectivity index (χ1) is 17.3. The highest BCUT2D eigenvalue weighted by molar-refractivity contribution is 6.62. The Morgan fingerprint density at radius 2 is 1.50 bits per heavy atom. The van der Waals surface area contributed by atoms with Crippen molar-refractivity contribution in [2.24, 2.45) is 0 Å². The van der Waals surface area contributed by atoms with Gasteiger partial charge in [0.2, 0.25) is 0 Å². The van der Waals surface area contributed by atoms with Crippen LogP contribution in [0.3, 0.4) is 0 Å². The number of carboxylic acid groups (broad SMARTS) is 1. The summed E-state index contributed by atoms with van der Waals surface area (Å²) in [6.07, 6.45) is 2.75. The Morgan fingerprint density at radius 3 is 2.14 bits per heavy atom. The average Bonchev–Trinajstić information content (AvgIpc) is 3.44. The lowest BCUT2D eigenvalue weighted by molar-refractivity contribution is -0.138. The van der Waals surface area contributed by atoms with Crippen LogP contribution in [0, 0.1) is 0 Å². The highest BCUT2D eigenvalue weighted by Gasteiger charge is 2.37. The number of aliphatic carboxylic acids is 1. The quantitative estimate of drug-likeness (QED) is 0.391. The van der Waals surface area contributed by atoms with Crippen LogP contribution in [0.15, 0.2) is 36.4 Å². The number of carbonyl (C=O) groups excluding carboxylic acids is 2. The maximum Gasteiger partial charge on any atom is 0.491 e. The van der Waals surface area contributed by atoms with Crippen molar-refractivity contribution in [2.45, 2.75) is 51.0 Å². The zero-order valence-corrected chi connectivity index (χ0v) is 19.6. The number of amides is 2. The van der Waals surface area contributed by atoms with E-state index in [0.29, 0.717) is 29.3 Å². The summed E-state index contributed by atoms with van der Waals surface area (Å²) in [4.78, 5) is 39.7. The molecule has 0 bridgehead atoms. The van der Waals surface area contributed by atoms with Gasteiger partial charge in [0, 0.05) is 17.2 Å². The number of nitrogens with one attached hydrogen (secondary N) is 1. The summed E-state index contributed by atoms with van der Waals surface area (Å²) < 4.78 is 10.4. The Balaban J connectivity index is 1.38. The van der Waals surface area contributed by atoms with E-state index in [-0.39, 0.29) is 24.7 Å². The minimum absolute atomic E-state index is 0.242. The molecule has 186 valence electrons. The summed E-state index contributed by atoms with van der Waals surface area (Å²) >= 11 is 0. The van der Waals surface area contributed by atoms with Gasteiger partial charge in [-0.2, -0.15) is 0 Å². The molecule has 2 aromatic rings. The molecule has 2 aromatic carbocycles. The molecule has 2 atom stereocenters. The van der Waals surface area contributed by atoms with E-state index in [1.165, 1.54) is 4.90 Å². The molecule has 5 rings (SSSR count). The molecule has 0 saturated heterocycles. The van der Waals surface area contributed by atoms with E-state index in [4.69, 9.17) is 9.31 Å². The smallest absolute Gasteiger partial charge is 0.480 e. The lowest BCUT2D eigenvalue weighted by Crippen LogP contribution is -2.56. The predicted molar refractivity (Wildman–Crippen MR) is 130 cm³/mol. The molecule has 0 radical (unpaired) electrons. The molecule has 2 aliphatic heterocycles. The minimum atomic E-state index is -1.16. The van der Waals surface area contributed by atoms with Crippen molar-refractivity contribution in [3.63, 3.8) is 0 Å². The molecule has 1 fully saturated rings. The summed E-state index contributed by atoms with van der Waals surface area (Å²) in [5, 5.41) is 32.6. The Morgan fingerprint density at radius 1 is 0.917 bits per heavy atom. The molecule has 4 N–H and O–H groups in total. The normalized spacial score (nSPS) is 20.6. The van der Waals surface area contributed by atoms with Crippen LogP contribution in [0.25, 0.3) is 0 Å². The molecular formula is C24H26B2N2O8. The number of carboxylic acids is 1. The third-order valence-electron chi connectivity index (χ3n) is 7.14. The number of fused-ring (bicyclic) bond motifs is 2. The predicted octanol–water partition coefficient (Wildman–Crippen LogP) is -0.610. The van der Waals surface area contributed by atoms with Gasteiger partial charge in [-0.05, 0) is 59.2 Å². The second-order valence-electron chi connectivity index (χ2n) is 9.41. The second kappa shape index (κ2) is 10.1. The third kappa shape index (κ3) is 4.77. The molecule has 36 heavy (non-hydrogen) atoms. The first kappa shape index (κ1) is 24.5. The molecule has 1 saturated carbocycles. The van der Waals surface area contributed by atoms with Crippen molar-refractivity contribution in [2.75, 3.05) is 6.54 Å². The van der Waals surface area contributed by atoms with Gasteiger partial charge in [-0.25, -0.2) is 0 Å². The van der Waals surface area contributed by atoms with E-state index in [0.717, 1.165) is 24.0 Å². The molecule has 3 aliphatic rings. The zero-order valence-electron chi connectivity index (χ0n) is 19.6. The number of hydrogen-bond acceptors (Lipinski definition) is 7. The Kier molecular flexibility index (Phi) is 6.85. The van der Waals surface area contributed by atoms with Gasteiger partial charge in [0.05, 0.1) is 19.3 Å². The van der Waals surface area contributed by atoms with Crippen LogP contribution in [0.2, 0.25) is 0 Å². The van der Waals surface area contributed by atoms with Crippen LogP contribution < -0.4 is 16.2 Å². The number of rotatable bonds is 6. The van der Waals surface area contributed by atoms with Gasteiger partial charge < -0.3 is 34.7 Å². The molecular weight excluding hydrogens is 466 g/mol. The molecule has 12 heteroatoms. The fourth-order valence-corrected chi connectivity index (χ4v) is 5.26. The highest BCUT2D eigenvalue weighted by Crippen LogP contribution is 2.26. The van der Waals surface area contributed by atoms with Crippen LogP contribution in [0.4, 0.5) is 0 Å². The van der Waals surface area contributed by atoms with E-state index < -0.39 is 44.7 Å². The first-order valence-corrected chi connectivity index (χ1v) is 12.0. The van der Waals surface area contributed by atoms with E-state index >= 15 is 0 Å². The summed E-state index contributed by atoms with van der Waals surface area (Å²) in [5.74, 6) is -2.01. The number of nitrogens with zero attached hydrogens (tertiary/aromatic N) is 1. The summed E-state index contributed by atoms with van der Waals surface area (Å²) in [5.41, 5.74) is 3.24. The second-order valence-corrected chi connectivity index (χ2v) is 9.41. The number of carbonyl (C=O) groups is 3. The monoisotopic (exact) mass is 492 g/mol. The number of hydrogen-bond donors (Lipinski definition) is 4. The molecule has 0 aromatic heterocycles. The van der Waals surface area contributed by atoms with Gasteiger partial charge in [-0.3, -0.25) is 14.4 Å². The molecule has 2 heterocycles. The average molecular weight is 492 g/mol. The molecule has 0 spiro atoms. The van der Waals surface area contributed by atoms with Crippen LogP contribution >= 0.6 is 0 Å². The zero-order chi connectivity index (χ0) is 25.4. The van der Waals surface area contributed by atoms with Gasteiger partial charge in [0.1, 0.15) is 6.54 Å². The van der Waals surface area contributed by atoms with Gasteiger partial charge >= 0.3 is 20.2 Å². The third-order valence-corrected chi connectivity index (χ3v) is 7.14. The molecule has 1 aliphatic carbocycles. The van der Waals surface area contributed by atoms with Crippen molar-refractivity contribution in [1.82, 2.24) is 10.2 Å². The van der Waals surface area contributed by atoms with Crippen LogP contribution in [-0.4, -0.2) is 70.7 Å². The lowest BCUT2D eigenvalue weighted by atomic mass is 9.78. The van der Waals surface area contributed by atoms with Crippen LogP contribution in [0.1, 0.15) is 57.5 Å². The van der Waals surface area contributed by atoms with Crippen molar-refractivity contribution in [1.29, 1.82) is 0 Å². The molecule has 0 unspecified atom stereocenters. The van der Waals surface area contributed by atoms with E-state index in [1.807, 2.05) is 0 Å². The van der Waals surface area contributed by atoms with Crippen LogP contribution in [0.5, 0.6) is 0 Å². The fourth-order valence-electron chi connectivity index (χ4n) is 5.26. The van der Waals surface area contributed by atoms with E-state index in [1.54, 1.807) is 36.4 Å². The summed E-state index contributed by atoms with van der Waals surface area (Å²) in [7, 11) is -2.20. The van der Waals surface area contributed by atoms with Gasteiger partial charge in [-0.15, -0.1) is 0 Å². The van der Waals surface area contributed by atoms with Crippen molar-refractivity contribution in [3.05, 3.63) is 58.7 Å². The molecule has 2 amide bonds. The SMILES string of the molecule is O=C(O)CN(C(=O)c1ccc2c(c1)B(O)OC2)[C@H]1CCCC[C@H]1NC(=O)c1ccc2c(c1)B(O)OC2. The Bertz CT molecular complexity index is 1210. The van der Waals surface area contributed by atoms with E-state index in [9.17, 15) is 29.5 Å². The van der Waals surface area contributed by atoms with Crippen LogP contribution in [-0.2, 0) is 27.3 Å². The minimum Gasteiger partial charge on any atom is -0.480 e. The lowest BCUT2D eigenvalue weighted by Gasteiger charge is -2.39. The summed E-state index contributed by atoms with van der Waals surface area (Å²) in [6.45, 7) is 0.00196. The maximum atomic E-state index is 13.5. The Labute approximate surface area is 208 Å². The van der Waals surface area contributed by atoms with Crippen molar-refractivity contribution in [3.8, 4) is 0 Å². The van der Waals surface area contributed by atoms with Gasteiger partial charge in [0.15, 0.2) is 0 Å². The fraction of sp³-hybridized carbons (Fsp3) is 0.375. The maximum absolute atomic E-state index is 13.5. The topological polar surface area (TPSA) is 146 Å². The summed E-state index contributed by atoms with van der Waals surface area (Å²) in [6, 6.07) is 8.86. The van der Waals surface area contributed by atoms with E-state index in [2.05, 4.69) is 5.32 Å². The molecule has 10 nitrogen and oxygen atoms in total.